The molecular formula is C26H19F6N5OS. The number of nitrogens with one attached hydrogen (secondary N) is 3. The Bertz CT molecular complexity index is 1540. The van der Waals surface area contributed by atoms with E-state index in [0.29, 0.717) is 23.4 Å². The van der Waals surface area contributed by atoms with Crippen LogP contribution in [0.15, 0.2) is 88.8 Å². The molecule has 1 aromatic heterocycles. The van der Waals surface area contributed by atoms with Gasteiger partial charge in [-0.2, -0.15) is 31.4 Å². The molecule has 0 amide bonds. The van der Waals surface area contributed by atoms with E-state index >= 15 is 0 Å². The molecule has 0 atom stereocenters. The van der Waals surface area contributed by atoms with E-state index in [2.05, 4.69) is 20.9 Å². The smallest absolute Gasteiger partial charge is 0.364 e. The summed E-state index contributed by atoms with van der Waals surface area (Å²) in [5.41, 5.74) is -1.92. The van der Waals surface area contributed by atoms with Crippen molar-refractivity contribution in [3.63, 3.8) is 0 Å². The van der Waals surface area contributed by atoms with Crippen molar-refractivity contribution in [2.45, 2.75) is 12.4 Å². The Hall–Kier alpha value is -4.39. The van der Waals surface area contributed by atoms with Crippen molar-refractivity contribution in [1.29, 1.82) is 0 Å². The number of benzene rings is 3. The third-order valence-electron chi connectivity index (χ3n) is 5.56. The van der Waals surface area contributed by atoms with Crippen LogP contribution in [0.1, 0.15) is 22.3 Å². The van der Waals surface area contributed by atoms with Crippen molar-refractivity contribution in [3.05, 3.63) is 111 Å². The Morgan fingerprint density at radius 3 is 1.92 bits per heavy atom. The van der Waals surface area contributed by atoms with Crippen LogP contribution >= 0.6 is 12.2 Å². The third kappa shape index (κ3) is 6.03. The summed E-state index contributed by atoms with van der Waals surface area (Å²) in [7, 11) is 1.44. The van der Waals surface area contributed by atoms with Gasteiger partial charge in [-0.05, 0) is 42.5 Å². The van der Waals surface area contributed by atoms with Gasteiger partial charge in [-0.3, -0.25) is 15.3 Å². The lowest BCUT2D eigenvalue weighted by molar-refractivity contribution is -0.143. The summed E-state index contributed by atoms with van der Waals surface area (Å²) >= 11 is 5.00. The Balaban J connectivity index is 2.08. The van der Waals surface area contributed by atoms with Gasteiger partial charge in [-0.25, -0.2) is 4.68 Å². The van der Waals surface area contributed by atoms with Crippen LogP contribution in [0.5, 0.6) is 0 Å². The Morgan fingerprint density at radius 2 is 1.41 bits per heavy atom. The monoisotopic (exact) mass is 563 g/mol. The van der Waals surface area contributed by atoms with Crippen LogP contribution in [-0.2, 0) is 12.4 Å². The highest BCUT2D eigenvalue weighted by Gasteiger charge is 2.38. The van der Waals surface area contributed by atoms with Crippen LogP contribution in [-0.4, -0.2) is 27.7 Å². The van der Waals surface area contributed by atoms with E-state index in [9.17, 15) is 31.1 Å². The Kier molecular flexibility index (Phi) is 7.63. The van der Waals surface area contributed by atoms with Crippen LogP contribution in [0.2, 0.25) is 0 Å². The molecule has 0 unspecified atom stereocenters. The molecular weight excluding hydrogens is 544 g/mol. The number of alkyl halides is 6. The minimum absolute atomic E-state index is 0.00423. The van der Waals surface area contributed by atoms with Gasteiger partial charge < -0.3 is 5.32 Å². The first kappa shape index (κ1) is 27.6. The molecule has 39 heavy (non-hydrogen) atoms. The average molecular weight is 564 g/mol. The second kappa shape index (κ2) is 10.8. The maximum absolute atomic E-state index is 13.8. The number of hydrazone groups is 1. The third-order valence-corrected chi connectivity index (χ3v) is 5.86. The zero-order valence-electron chi connectivity index (χ0n) is 20.0. The molecule has 3 N–H and O–H groups in total. The van der Waals surface area contributed by atoms with Gasteiger partial charge in [0.15, 0.2) is 5.11 Å². The number of aromatic nitrogens is 2. The number of hydrogen-bond donors (Lipinski definition) is 3. The number of rotatable bonds is 5. The molecule has 0 spiro atoms. The van der Waals surface area contributed by atoms with Gasteiger partial charge in [-0.1, -0.05) is 48.5 Å². The summed E-state index contributed by atoms with van der Waals surface area (Å²) in [4.78, 5) is 13.8. The van der Waals surface area contributed by atoms with Gasteiger partial charge in [0.25, 0.3) is 5.56 Å². The summed E-state index contributed by atoms with van der Waals surface area (Å²) in [6.07, 6.45) is -10.2. The number of H-pyrrole nitrogens is 1. The molecule has 0 saturated heterocycles. The molecule has 6 nitrogen and oxygen atoms in total. The Morgan fingerprint density at radius 1 is 0.872 bits per heavy atom. The fourth-order valence-electron chi connectivity index (χ4n) is 3.75. The van der Waals surface area contributed by atoms with Gasteiger partial charge in [0.05, 0.1) is 28.1 Å². The number of hydrogen-bond acceptors (Lipinski definition) is 3. The summed E-state index contributed by atoms with van der Waals surface area (Å²) < 4.78 is 83.3. The van der Waals surface area contributed by atoms with Crippen LogP contribution in [0.3, 0.4) is 0 Å². The van der Waals surface area contributed by atoms with Crippen LogP contribution in [0.25, 0.3) is 16.9 Å². The molecule has 4 rings (SSSR count). The minimum atomic E-state index is -5.11. The maximum Gasteiger partial charge on any atom is 0.416 e. The van der Waals surface area contributed by atoms with Crippen LogP contribution in [0, 0.1) is 0 Å². The lowest BCUT2D eigenvalue weighted by Crippen LogP contribution is -2.31. The van der Waals surface area contributed by atoms with Crippen LogP contribution < -0.4 is 16.3 Å². The van der Waals surface area contributed by atoms with Crippen molar-refractivity contribution in [1.82, 2.24) is 20.5 Å². The van der Waals surface area contributed by atoms with Crippen molar-refractivity contribution in [2.75, 3.05) is 7.05 Å². The molecule has 0 aliphatic rings. The number of halogens is 6. The predicted octanol–water partition coefficient (Wildman–Crippen LogP) is 5.72. The lowest BCUT2D eigenvalue weighted by Gasteiger charge is -2.15. The summed E-state index contributed by atoms with van der Waals surface area (Å²) in [6.45, 7) is 0. The lowest BCUT2D eigenvalue weighted by atomic mass is 9.95. The van der Waals surface area contributed by atoms with Gasteiger partial charge in [0.2, 0.25) is 0 Å². The summed E-state index contributed by atoms with van der Waals surface area (Å²) in [5, 5.41) is 9.42. The topological polar surface area (TPSA) is 74.2 Å². The summed E-state index contributed by atoms with van der Waals surface area (Å²) in [5.74, 6) is 0. The molecule has 0 bridgehead atoms. The van der Waals surface area contributed by atoms with Gasteiger partial charge >= 0.3 is 12.4 Å². The van der Waals surface area contributed by atoms with Crippen molar-refractivity contribution in [3.8, 4) is 16.9 Å². The zero-order chi connectivity index (χ0) is 28.4. The highest BCUT2D eigenvalue weighted by Crippen LogP contribution is 2.37. The molecule has 0 aliphatic carbocycles. The van der Waals surface area contributed by atoms with Crippen LogP contribution in [0.4, 0.5) is 26.3 Å². The van der Waals surface area contributed by atoms with E-state index in [1.54, 1.807) is 60.7 Å². The fraction of sp³-hybridized carbons (Fsp3) is 0.115. The molecule has 0 fully saturated rings. The quantitative estimate of drug-likeness (QED) is 0.126. The number of aromatic amines is 1. The molecule has 202 valence electrons. The van der Waals surface area contributed by atoms with Gasteiger partial charge in [-0.15, -0.1) is 0 Å². The first-order valence-electron chi connectivity index (χ1n) is 11.2. The minimum Gasteiger partial charge on any atom is -0.364 e. The zero-order valence-corrected chi connectivity index (χ0v) is 20.8. The molecule has 4 aromatic rings. The molecule has 0 aliphatic heterocycles. The highest BCUT2D eigenvalue weighted by atomic mass is 32.1. The average Bonchev–Trinajstić information content (AvgIpc) is 3.25. The first-order chi connectivity index (χ1) is 18.4. The van der Waals surface area contributed by atoms with Crippen molar-refractivity contribution < 1.29 is 26.3 Å². The first-order valence-corrected chi connectivity index (χ1v) is 11.6. The number of thiocarbonyl (C=S) groups is 1. The molecule has 3 aromatic carbocycles. The molecule has 13 heteroatoms. The maximum atomic E-state index is 13.8. The fourth-order valence-corrected chi connectivity index (χ4v) is 3.79. The van der Waals surface area contributed by atoms with E-state index in [4.69, 9.17) is 12.2 Å². The molecule has 0 saturated carbocycles. The predicted molar refractivity (Wildman–Crippen MR) is 139 cm³/mol. The Labute approximate surface area is 223 Å². The molecule has 1 heterocycles. The number of para-hydroxylation sites is 1. The largest absolute Gasteiger partial charge is 0.416 e. The van der Waals surface area contributed by atoms with E-state index in [1.807, 2.05) is 0 Å². The van der Waals surface area contributed by atoms with E-state index in [1.165, 1.54) is 7.05 Å². The van der Waals surface area contributed by atoms with Gasteiger partial charge in [0, 0.05) is 18.2 Å². The van der Waals surface area contributed by atoms with E-state index < -0.39 is 40.3 Å². The molecule has 0 radical (unpaired) electrons. The van der Waals surface area contributed by atoms with Gasteiger partial charge in [0.1, 0.15) is 5.71 Å². The van der Waals surface area contributed by atoms with Crippen molar-refractivity contribution >= 4 is 23.0 Å². The standard InChI is InChI=1S/C26H19F6N5OS/c1-33-24(39)35-34-21(16-12-17(25(27,28)29)14-18(13-16)26(30,31)32)20-22(15-8-4-2-5-9-15)36-37(23(20)38)19-10-6-3-7-11-19/h2-14,36H,1H3,(H2,33,35,39)/b34-21-. The SMILES string of the molecule is CNC(=S)N/N=C(/c1cc(C(F)(F)F)cc(C(F)(F)F)c1)c1c(-c2ccccc2)[nH]n(-c2ccccc2)c1=O. The summed E-state index contributed by atoms with van der Waals surface area (Å²) in [6, 6.07) is 17.5. The number of nitrogens with zero attached hydrogens (tertiary/aromatic N) is 2. The second-order valence-corrected chi connectivity index (χ2v) is 8.56. The van der Waals surface area contributed by atoms with E-state index in [0.717, 1.165) is 4.68 Å². The highest BCUT2D eigenvalue weighted by molar-refractivity contribution is 7.80. The normalized spacial score (nSPS) is 12.3. The van der Waals surface area contributed by atoms with Crippen molar-refractivity contribution in [2.24, 2.45) is 5.10 Å². The second-order valence-electron chi connectivity index (χ2n) is 8.15. The van der Waals surface area contributed by atoms with E-state index in [-0.39, 0.29) is 22.4 Å².